The number of hydrogen-bond donors (Lipinski definition) is 2. The van der Waals surface area contributed by atoms with E-state index >= 15 is 0 Å². The fraction of sp³-hybridized carbons (Fsp3) is 0.556. The van der Waals surface area contributed by atoms with Gasteiger partial charge in [0, 0.05) is 37.1 Å². The molecule has 4 atom stereocenters. The van der Waals surface area contributed by atoms with E-state index in [1.807, 2.05) is 13.8 Å². The number of carbonyl (C=O) groups excluding carboxylic acids is 6. The summed E-state index contributed by atoms with van der Waals surface area (Å²) in [6.45, 7) is 6.86. The van der Waals surface area contributed by atoms with Crippen molar-refractivity contribution in [3.8, 4) is 0 Å². The SMILES string of the molecule is CC(O)COC(=O)/C=C\C(=O)OCCC(C)CCC(=O)OCc1ccc(COC(=O)CCC(C)CCOC(=O)/C=C\C(=O)OCC(C)O)cc1. The summed E-state index contributed by atoms with van der Waals surface area (Å²) in [5.74, 6) is -3.46. The molecular formula is C36H50O14. The van der Waals surface area contributed by atoms with Crippen LogP contribution in [0.25, 0.3) is 0 Å². The average Bonchev–Trinajstić information content (AvgIpc) is 3.08. The molecule has 0 amide bonds. The van der Waals surface area contributed by atoms with E-state index in [0.29, 0.717) is 25.7 Å². The number of carbonyl (C=O) groups is 6. The lowest BCUT2D eigenvalue weighted by molar-refractivity contribution is -0.146. The third-order valence-electron chi connectivity index (χ3n) is 6.86. The maximum atomic E-state index is 12.2. The molecule has 0 saturated carbocycles. The second-order valence-electron chi connectivity index (χ2n) is 12.0. The first-order valence-electron chi connectivity index (χ1n) is 16.5. The summed E-state index contributed by atoms with van der Waals surface area (Å²) in [5, 5.41) is 18.1. The predicted molar refractivity (Wildman–Crippen MR) is 178 cm³/mol. The second kappa shape index (κ2) is 25.4. The van der Waals surface area contributed by atoms with E-state index in [4.69, 9.17) is 38.6 Å². The van der Waals surface area contributed by atoms with Gasteiger partial charge < -0.3 is 38.6 Å². The van der Waals surface area contributed by atoms with Gasteiger partial charge in [0.25, 0.3) is 0 Å². The highest BCUT2D eigenvalue weighted by Gasteiger charge is 2.12. The number of benzene rings is 1. The summed E-state index contributed by atoms with van der Waals surface area (Å²) < 4.78 is 30.2. The molecule has 0 bridgehead atoms. The van der Waals surface area contributed by atoms with E-state index in [1.54, 1.807) is 24.3 Å². The minimum absolute atomic E-state index is 0.0845. The molecule has 0 aliphatic heterocycles. The largest absolute Gasteiger partial charge is 0.463 e. The van der Waals surface area contributed by atoms with Crippen molar-refractivity contribution in [2.24, 2.45) is 11.8 Å². The van der Waals surface area contributed by atoms with Gasteiger partial charge in [-0.15, -0.1) is 0 Å². The van der Waals surface area contributed by atoms with E-state index in [2.05, 4.69) is 0 Å². The van der Waals surface area contributed by atoms with Crippen LogP contribution in [0.15, 0.2) is 48.6 Å². The molecule has 4 unspecified atom stereocenters. The van der Waals surface area contributed by atoms with E-state index in [1.165, 1.54) is 13.8 Å². The van der Waals surface area contributed by atoms with Crippen LogP contribution < -0.4 is 0 Å². The van der Waals surface area contributed by atoms with Crippen LogP contribution in [0.5, 0.6) is 0 Å². The van der Waals surface area contributed by atoms with Gasteiger partial charge in [-0.25, -0.2) is 19.2 Å². The number of hydrogen-bond acceptors (Lipinski definition) is 14. The molecule has 1 rings (SSSR count). The number of esters is 6. The molecule has 1 aromatic carbocycles. The quantitative estimate of drug-likeness (QED) is 0.0900. The van der Waals surface area contributed by atoms with Gasteiger partial charge in [-0.05, 0) is 62.5 Å². The molecule has 50 heavy (non-hydrogen) atoms. The Kier molecular flexibility index (Phi) is 22.1. The molecule has 0 fully saturated rings. The van der Waals surface area contributed by atoms with Crippen LogP contribution in [0.4, 0.5) is 0 Å². The van der Waals surface area contributed by atoms with E-state index in [0.717, 1.165) is 35.4 Å². The molecule has 2 N–H and O–H groups in total. The first kappa shape index (κ1) is 43.5. The van der Waals surface area contributed by atoms with Crippen molar-refractivity contribution in [2.45, 2.75) is 91.6 Å². The Hall–Kier alpha value is -4.56. The summed E-state index contributed by atoms with van der Waals surface area (Å²) in [6, 6.07) is 7.13. The van der Waals surface area contributed by atoms with Crippen LogP contribution in [-0.4, -0.2) is 84.7 Å². The van der Waals surface area contributed by atoms with Gasteiger partial charge in [0.1, 0.15) is 26.4 Å². The van der Waals surface area contributed by atoms with Crippen molar-refractivity contribution in [1.82, 2.24) is 0 Å². The van der Waals surface area contributed by atoms with Crippen LogP contribution in [-0.2, 0) is 70.4 Å². The van der Waals surface area contributed by atoms with E-state index in [-0.39, 0.29) is 76.3 Å². The van der Waals surface area contributed by atoms with Gasteiger partial charge in [0.2, 0.25) is 0 Å². The van der Waals surface area contributed by atoms with Gasteiger partial charge in [-0.2, -0.15) is 0 Å². The zero-order valence-electron chi connectivity index (χ0n) is 29.2. The third-order valence-corrected chi connectivity index (χ3v) is 6.86. The normalized spacial score (nSPS) is 13.6. The molecule has 278 valence electrons. The highest BCUT2D eigenvalue weighted by Crippen LogP contribution is 2.14. The van der Waals surface area contributed by atoms with Crippen LogP contribution >= 0.6 is 0 Å². The Morgan fingerprint density at radius 1 is 0.520 bits per heavy atom. The Bertz CT molecular complexity index is 1170. The Balaban J connectivity index is 2.19. The minimum atomic E-state index is -0.800. The smallest absolute Gasteiger partial charge is 0.331 e. The molecular weight excluding hydrogens is 656 g/mol. The molecule has 1 aromatic rings. The maximum absolute atomic E-state index is 12.2. The van der Waals surface area contributed by atoms with Crippen molar-refractivity contribution in [2.75, 3.05) is 26.4 Å². The molecule has 14 heteroatoms. The van der Waals surface area contributed by atoms with Gasteiger partial charge in [0.05, 0.1) is 25.4 Å². The van der Waals surface area contributed by atoms with E-state index in [9.17, 15) is 28.8 Å². The van der Waals surface area contributed by atoms with Crippen molar-refractivity contribution in [3.63, 3.8) is 0 Å². The number of aliphatic hydroxyl groups is 2. The van der Waals surface area contributed by atoms with Crippen molar-refractivity contribution < 1.29 is 67.4 Å². The molecule has 0 aliphatic rings. The molecule has 0 aromatic heterocycles. The summed E-state index contributed by atoms with van der Waals surface area (Å²) in [7, 11) is 0. The van der Waals surface area contributed by atoms with Gasteiger partial charge >= 0.3 is 35.8 Å². The maximum Gasteiger partial charge on any atom is 0.331 e. The van der Waals surface area contributed by atoms with E-state index < -0.39 is 36.1 Å². The van der Waals surface area contributed by atoms with Crippen molar-refractivity contribution in [3.05, 3.63) is 59.7 Å². The number of rotatable bonds is 24. The van der Waals surface area contributed by atoms with Crippen LogP contribution in [0.3, 0.4) is 0 Å². The van der Waals surface area contributed by atoms with Crippen molar-refractivity contribution in [1.29, 1.82) is 0 Å². The molecule has 0 saturated heterocycles. The Morgan fingerprint density at radius 3 is 1.16 bits per heavy atom. The standard InChI is InChI=1S/C36H50O14/c1-25(17-19-45-31(39)13-15-35(43)47-21-27(3)37)5-11-33(41)49-23-29-7-9-30(10-8-29)24-50-34(42)12-6-26(2)18-20-46-32(40)14-16-36(44)48-22-28(4)38/h7-10,13-16,25-28,37-38H,5-6,11-12,17-24H2,1-4H3/b15-13-,16-14-. The molecule has 14 nitrogen and oxygen atoms in total. The predicted octanol–water partition coefficient (Wildman–Crippen LogP) is 3.43. The lowest BCUT2D eigenvalue weighted by Crippen LogP contribution is -2.14. The molecule has 0 heterocycles. The van der Waals surface area contributed by atoms with Crippen LogP contribution in [0.2, 0.25) is 0 Å². The lowest BCUT2D eigenvalue weighted by atomic mass is 10.0. The molecule has 0 radical (unpaired) electrons. The topological polar surface area (TPSA) is 198 Å². The number of aliphatic hydroxyl groups excluding tert-OH is 2. The average molecular weight is 707 g/mol. The summed E-state index contributed by atoms with van der Waals surface area (Å²) in [4.78, 5) is 70.6. The fourth-order valence-electron chi connectivity index (χ4n) is 3.81. The van der Waals surface area contributed by atoms with Gasteiger partial charge in [-0.1, -0.05) is 38.1 Å². The first-order valence-corrected chi connectivity index (χ1v) is 16.5. The highest BCUT2D eigenvalue weighted by atomic mass is 16.6. The van der Waals surface area contributed by atoms with Gasteiger partial charge in [0.15, 0.2) is 0 Å². The first-order chi connectivity index (χ1) is 23.7. The van der Waals surface area contributed by atoms with Crippen molar-refractivity contribution >= 4 is 35.8 Å². The number of ether oxygens (including phenoxy) is 6. The second-order valence-corrected chi connectivity index (χ2v) is 12.0. The Labute approximate surface area is 292 Å². The van der Waals surface area contributed by atoms with Crippen LogP contribution in [0.1, 0.15) is 77.3 Å². The fourth-order valence-corrected chi connectivity index (χ4v) is 3.81. The van der Waals surface area contributed by atoms with Crippen LogP contribution in [0, 0.1) is 11.8 Å². The summed E-state index contributed by atoms with van der Waals surface area (Å²) >= 11 is 0. The minimum Gasteiger partial charge on any atom is -0.463 e. The third kappa shape index (κ3) is 23.7. The lowest BCUT2D eigenvalue weighted by Gasteiger charge is -2.12. The highest BCUT2D eigenvalue weighted by molar-refractivity contribution is 5.92. The molecule has 0 aliphatic carbocycles. The zero-order valence-corrected chi connectivity index (χ0v) is 29.2. The zero-order chi connectivity index (χ0) is 37.3. The van der Waals surface area contributed by atoms with Gasteiger partial charge in [-0.3, -0.25) is 9.59 Å². The monoisotopic (exact) mass is 706 g/mol. The Morgan fingerprint density at radius 2 is 0.840 bits per heavy atom. The molecule has 0 spiro atoms. The summed E-state index contributed by atoms with van der Waals surface area (Å²) in [5.41, 5.74) is 1.55. The summed E-state index contributed by atoms with van der Waals surface area (Å²) in [6.07, 6.45) is 4.69.